The second kappa shape index (κ2) is 9.97. The highest BCUT2D eigenvalue weighted by atomic mass is 16.5. The van der Waals surface area contributed by atoms with Gasteiger partial charge < -0.3 is 15.1 Å². The molecule has 0 radical (unpaired) electrons. The van der Waals surface area contributed by atoms with Crippen LogP contribution >= 0.6 is 0 Å². The summed E-state index contributed by atoms with van der Waals surface area (Å²) in [5.74, 6) is 1.12. The van der Waals surface area contributed by atoms with Crippen LogP contribution in [-0.2, 0) is 11.3 Å². The normalized spacial score (nSPS) is 26.7. The summed E-state index contributed by atoms with van der Waals surface area (Å²) in [4.78, 5) is 7.61. The topological polar surface area (TPSA) is 82.8 Å². The van der Waals surface area contributed by atoms with E-state index in [1.54, 1.807) is 6.20 Å². The predicted molar refractivity (Wildman–Crippen MR) is 124 cm³/mol. The molecule has 9 nitrogen and oxygen atoms in total. The Morgan fingerprint density at radius 1 is 1.16 bits per heavy atom. The smallest absolute Gasteiger partial charge is 0.106 e. The van der Waals surface area contributed by atoms with E-state index in [2.05, 4.69) is 62.2 Å². The van der Waals surface area contributed by atoms with Crippen molar-refractivity contribution in [3.63, 3.8) is 0 Å². The van der Waals surface area contributed by atoms with Gasteiger partial charge in [-0.15, -0.1) is 5.10 Å². The molecule has 2 aromatic rings. The molecule has 5 rings (SSSR count). The predicted octanol–water partition coefficient (Wildman–Crippen LogP) is 1.57. The van der Waals surface area contributed by atoms with Crippen molar-refractivity contribution in [3.05, 3.63) is 42.2 Å². The van der Waals surface area contributed by atoms with Gasteiger partial charge in [-0.05, 0) is 37.5 Å². The quantitative estimate of drug-likeness (QED) is 0.679. The van der Waals surface area contributed by atoms with Crippen LogP contribution in [-0.4, -0.2) is 76.8 Å². The van der Waals surface area contributed by atoms with Gasteiger partial charge in [0, 0.05) is 57.3 Å². The molecule has 0 aliphatic carbocycles. The van der Waals surface area contributed by atoms with E-state index in [9.17, 15) is 0 Å². The van der Waals surface area contributed by atoms with Gasteiger partial charge in [0.25, 0.3) is 0 Å². The summed E-state index contributed by atoms with van der Waals surface area (Å²) < 4.78 is 7.47. The van der Waals surface area contributed by atoms with Gasteiger partial charge in [0.1, 0.15) is 6.17 Å². The summed E-state index contributed by atoms with van der Waals surface area (Å²) in [6.07, 6.45) is 7.92. The molecule has 3 aliphatic rings. The van der Waals surface area contributed by atoms with E-state index in [-0.39, 0.29) is 6.17 Å². The van der Waals surface area contributed by atoms with Gasteiger partial charge in [-0.3, -0.25) is 14.6 Å². The highest BCUT2D eigenvalue weighted by Crippen LogP contribution is 2.25. The molecule has 2 fully saturated rings. The Kier molecular flexibility index (Phi) is 6.66. The third kappa shape index (κ3) is 5.11. The first-order valence-corrected chi connectivity index (χ1v) is 11.8. The summed E-state index contributed by atoms with van der Waals surface area (Å²) in [5.41, 5.74) is 6.31. The number of rotatable bonds is 7. The van der Waals surface area contributed by atoms with E-state index in [1.165, 1.54) is 11.3 Å². The first-order valence-electron chi connectivity index (χ1n) is 11.8. The van der Waals surface area contributed by atoms with Crippen LogP contribution in [0.3, 0.4) is 0 Å². The molecule has 3 unspecified atom stereocenters. The van der Waals surface area contributed by atoms with Crippen molar-refractivity contribution in [1.29, 1.82) is 0 Å². The lowest BCUT2D eigenvalue weighted by Crippen LogP contribution is -2.57. The molecule has 0 spiro atoms. The molecule has 3 aliphatic heterocycles. The highest BCUT2D eigenvalue weighted by molar-refractivity contribution is 5.83. The standard InChI is InChI=1S/C23H34N8O/c1-18-4-2-5-19(16-18)31-10-7-20(27-31)21-17-23(29-12-14-32-15-13-29)26-22(25-21)6-3-9-30-11-8-24-28-30/h2,4-5,8,11,16,20-21,23,27H,3,6-7,9-10,12-15,17H2,1H3,(H,25,26). The largest absolute Gasteiger partial charge is 0.379 e. The number of benzene rings is 1. The van der Waals surface area contributed by atoms with Gasteiger partial charge in [-0.2, -0.15) is 0 Å². The molecule has 2 saturated heterocycles. The lowest BCUT2D eigenvalue weighted by Gasteiger charge is -2.40. The zero-order valence-electron chi connectivity index (χ0n) is 18.9. The van der Waals surface area contributed by atoms with Crippen LogP contribution in [0.4, 0.5) is 5.69 Å². The summed E-state index contributed by atoms with van der Waals surface area (Å²) in [6.45, 7) is 7.54. The van der Waals surface area contributed by atoms with Gasteiger partial charge >= 0.3 is 0 Å². The van der Waals surface area contributed by atoms with Crippen molar-refractivity contribution in [2.75, 3.05) is 37.9 Å². The average Bonchev–Trinajstić information content (AvgIpc) is 3.52. The summed E-state index contributed by atoms with van der Waals surface area (Å²) in [6, 6.07) is 9.46. The number of nitrogens with one attached hydrogen (secondary N) is 2. The van der Waals surface area contributed by atoms with Gasteiger partial charge in [-0.25, -0.2) is 5.43 Å². The first kappa shape index (κ1) is 21.4. The molecular weight excluding hydrogens is 404 g/mol. The molecular formula is C23H34N8O. The monoisotopic (exact) mass is 438 g/mol. The number of amidine groups is 1. The van der Waals surface area contributed by atoms with Crippen LogP contribution in [0.5, 0.6) is 0 Å². The fraction of sp³-hybridized carbons (Fsp3) is 0.609. The first-order chi connectivity index (χ1) is 15.7. The minimum absolute atomic E-state index is 0.223. The SMILES string of the molecule is Cc1cccc(N2CCC(C3CC(N4CCOCC4)N=C(CCCn4ccnn4)N3)N2)c1. The lowest BCUT2D eigenvalue weighted by molar-refractivity contribution is 0.0126. The Hall–Kier alpha value is -2.49. The maximum atomic E-state index is 5.58. The molecule has 172 valence electrons. The van der Waals surface area contributed by atoms with Crippen molar-refractivity contribution >= 4 is 11.5 Å². The fourth-order valence-corrected chi connectivity index (χ4v) is 4.93. The van der Waals surface area contributed by atoms with Gasteiger partial charge in [0.15, 0.2) is 0 Å². The Bertz CT molecular complexity index is 895. The third-order valence-electron chi connectivity index (χ3n) is 6.65. The Balaban J connectivity index is 1.25. The molecule has 3 atom stereocenters. The number of nitrogens with zero attached hydrogens (tertiary/aromatic N) is 6. The van der Waals surface area contributed by atoms with Gasteiger partial charge in [-0.1, -0.05) is 17.3 Å². The van der Waals surface area contributed by atoms with Crippen LogP contribution < -0.4 is 15.8 Å². The minimum Gasteiger partial charge on any atom is -0.379 e. The van der Waals surface area contributed by atoms with E-state index >= 15 is 0 Å². The van der Waals surface area contributed by atoms with Crippen LogP contribution in [0.15, 0.2) is 41.7 Å². The summed E-state index contributed by atoms with van der Waals surface area (Å²) in [7, 11) is 0. The van der Waals surface area contributed by atoms with Crippen molar-refractivity contribution in [2.24, 2.45) is 4.99 Å². The Labute approximate surface area is 189 Å². The van der Waals surface area contributed by atoms with E-state index in [4.69, 9.17) is 9.73 Å². The van der Waals surface area contributed by atoms with E-state index in [0.29, 0.717) is 12.1 Å². The molecule has 1 aromatic carbocycles. The second-order valence-electron chi connectivity index (χ2n) is 8.98. The minimum atomic E-state index is 0.223. The Morgan fingerprint density at radius 3 is 2.88 bits per heavy atom. The van der Waals surface area contributed by atoms with Crippen LogP contribution in [0.2, 0.25) is 0 Å². The number of morpholine rings is 1. The number of hydrogen-bond donors (Lipinski definition) is 2. The zero-order chi connectivity index (χ0) is 21.8. The number of hydrogen-bond acceptors (Lipinski definition) is 8. The molecule has 0 saturated carbocycles. The number of anilines is 1. The van der Waals surface area contributed by atoms with E-state index in [1.807, 2.05) is 10.9 Å². The maximum Gasteiger partial charge on any atom is 0.106 e. The lowest BCUT2D eigenvalue weighted by atomic mass is 9.98. The van der Waals surface area contributed by atoms with Gasteiger partial charge in [0.2, 0.25) is 0 Å². The molecule has 4 heterocycles. The Morgan fingerprint density at radius 2 is 2.06 bits per heavy atom. The van der Waals surface area contributed by atoms with E-state index < -0.39 is 0 Å². The number of ether oxygens (including phenoxy) is 1. The molecule has 0 amide bonds. The number of aromatic nitrogens is 3. The second-order valence-corrected chi connectivity index (χ2v) is 8.98. The van der Waals surface area contributed by atoms with Crippen molar-refractivity contribution < 1.29 is 4.74 Å². The molecule has 0 bridgehead atoms. The maximum absolute atomic E-state index is 5.58. The average molecular weight is 439 g/mol. The van der Waals surface area contributed by atoms with E-state index in [0.717, 1.165) is 70.9 Å². The zero-order valence-corrected chi connectivity index (χ0v) is 18.9. The fourth-order valence-electron chi connectivity index (χ4n) is 4.93. The summed E-state index contributed by atoms with van der Waals surface area (Å²) in [5, 5.41) is 14.1. The van der Waals surface area contributed by atoms with Crippen LogP contribution in [0.25, 0.3) is 0 Å². The van der Waals surface area contributed by atoms with Crippen molar-refractivity contribution in [3.8, 4) is 0 Å². The van der Waals surface area contributed by atoms with Crippen LogP contribution in [0.1, 0.15) is 31.2 Å². The highest BCUT2D eigenvalue weighted by Gasteiger charge is 2.36. The van der Waals surface area contributed by atoms with Crippen molar-refractivity contribution in [1.82, 2.24) is 30.6 Å². The van der Waals surface area contributed by atoms with Crippen LogP contribution in [0, 0.1) is 6.92 Å². The number of aryl methyl sites for hydroxylation is 2. The molecule has 2 N–H and O–H groups in total. The molecule has 32 heavy (non-hydrogen) atoms. The molecule has 9 heteroatoms. The summed E-state index contributed by atoms with van der Waals surface area (Å²) >= 11 is 0. The number of aliphatic imine (C=N–C) groups is 1. The molecule has 1 aromatic heterocycles. The van der Waals surface area contributed by atoms with Crippen molar-refractivity contribution in [2.45, 2.75) is 57.4 Å². The third-order valence-corrected chi connectivity index (χ3v) is 6.65. The van der Waals surface area contributed by atoms with Gasteiger partial charge in [0.05, 0.1) is 30.9 Å². The number of hydrazine groups is 1.